The average Bonchev–Trinajstić information content (AvgIpc) is 3.50. The van der Waals surface area contributed by atoms with Crippen molar-refractivity contribution in [3.05, 3.63) is 56.9 Å². The van der Waals surface area contributed by atoms with Crippen molar-refractivity contribution in [1.29, 1.82) is 0 Å². The van der Waals surface area contributed by atoms with E-state index < -0.39 is 23.4 Å². The molecular weight excluding hydrogens is 564 g/mol. The number of halogens is 1. The van der Waals surface area contributed by atoms with Crippen molar-refractivity contribution in [3.63, 3.8) is 0 Å². The molecule has 1 N–H and O–H groups in total. The summed E-state index contributed by atoms with van der Waals surface area (Å²) >= 11 is 7.86. The molecule has 0 aliphatic carbocycles. The standard InChI is InChI=1S/C30H37ClN4O5S/c1-29(2,3)39-27(37)35(28(38)40-30(4,5)6)25-21-10-9-19(15-20(21)11-12-32-25)17-33-26(36)23-16-22(31)24(41-23)18-34-13-7-8-14-34/h9-12,15-16H,7-8,13-14,17-18H2,1-6H3,(H,33,36). The molecule has 0 bridgehead atoms. The van der Waals surface area contributed by atoms with Gasteiger partial charge in [-0.1, -0.05) is 23.7 Å². The van der Waals surface area contributed by atoms with Crippen molar-refractivity contribution >= 4 is 57.6 Å². The molecule has 1 saturated heterocycles. The molecule has 3 aromatic rings. The van der Waals surface area contributed by atoms with Crippen molar-refractivity contribution in [3.8, 4) is 0 Å². The van der Waals surface area contributed by atoms with E-state index in [9.17, 15) is 14.4 Å². The number of rotatable bonds is 6. The van der Waals surface area contributed by atoms with Crippen LogP contribution in [0.4, 0.5) is 15.4 Å². The predicted molar refractivity (Wildman–Crippen MR) is 162 cm³/mol. The van der Waals surface area contributed by atoms with E-state index in [0.29, 0.717) is 15.3 Å². The zero-order valence-electron chi connectivity index (χ0n) is 24.4. The van der Waals surface area contributed by atoms with Gasteiger partial charge in [0, 0.05) is 29.5 Å². The number of aromatic nitrogens is 1. The van der Waals surface area contributed by atoms with Crippen molar-refractivity contribution in [2.75, 3.05) is 18.0 Å². The van der Waals surface area contributed by atoms with Gasteiger partial charge >= 0.3 is 12.2 Å². The summed E-state index contributed by atoms with van der Waals surface area (Å²) < 4.78 is 11.0. The van der Waals surface area contributed by atoms with E-state index >= 15 is 0 Å². The third-order valence-corrected chi connectivity index (χ3v) is 7.74. The van der Waals surface area contributed by atoms with Crippen molar-refractivity contribution in [2.45, 2.75) is 78.7 Å². The van der Waals surface area contributed by atoms with Gasteiger partial charge in [0.15, 0.2) is 5.82 Å². The van der Waals surface area contributed by atoms with Gasteiger partial charge in [-0.3, -0.25) is 9.69 Å². The normalized spacial score (nSPS) is 14.2. The second-order valence-electron chi connectivity index (χ2n) is 12.0. The topological polar surface area (TPSA) is 101 Å². The van der Waals surface area contributed by atoms with E-state index in [-0.39, 0.29) is 18.3 Å². The lowest BCUT2D eigenvalue weighted by Crippen LogP contribution is -2.44. The van der Waals surface area contributed by atoms with Crippen molar-refractivity contribution < 1.29 is 23.9 Å². The highest BCUT2D eigenvalue weighted by Gasteiger charge is 2.34. The summed E-state index contributed by atoms with van der Waals surface area (Å²) in [5.41, 5.74) is -0.839. The Labute approximate surface area is 249 Å². The molecule has 4 rings (SSSR count). The number of imide groups is 1. The first-order valence-corrected chi connectivity index (χ1v) is 14.8. The molecule has 0 atom stereocenters. The van der Waals surface area contributed by atoms with Crippen LogP contribution in [-0.4, -0.2) is 52.3 Å². The van der Waals surface area contributed by atoms with Crippen molar-refractivity contribution in [1.82, 2.24) is 15.2 Å². The Kier molecular flexibility index (Phi) is 9.25. The molecule has 1 aromatic carbocycles. The van der Waals surface area contributed by atoms with E-state index in [1.54, 1.807) is 59.7 Å². The number of nitrogens with zero attached hydrogens (tertiary/aromatic N) is 3. The van der Waals surface area contributed by atoms with Crippen LogP contribution in [0, 0.1) is 0 Å². The molecule has 3 amide bonds. The molecule has 220 valence electrons. The molecule has 9 nitrogen and oxygen atoms in total. The maximum atomic E-state index is 13.1. The number of hydrogen-bond acceptors (Lipinski definition) is 8. The lowest BCUT2D eigenvalue weighted by Gasteiger charge is -2.28. The number of amides is 3. The number of carbonyl (C=O) groups is 3. The third kappa shape index (κ3) is 8.18. The van der Waals surface area contributed by atoms with Gasteiger partial charge in [0.25, 0.3) is 5.91 Å². The minimum absolute atomic E-state index is 0.0975. The first-order valence-electron chi connectivity index (χ1n) is 13.6. The van der Waals surface area contributed by atoms with Crippen LogP contribution in [0.1, 0.15) is 74.5 Å². The largest absolute Gasteiger partial charge is 0.443 e. The van der Waals surface area contributed by atoms with Gasteiger partial charge in [0.05, 0.1) is 9.90 Å². The van der Waals surface area contributed by atoms with Crippen LogP contribution in [0.5, 0.6) is 0 Å². The highest BCUT2D eigenvalue weighted by atomic mass is 35.5. The van der Waals surface area contributed by atoms with Crippen LogP contribution in [0.15, 0.2) is 36.5 Å². The Bertz CT molecular complexity index is 1410. The summed E-state index contributed by atoms with van der Waals surface area (Å²) in [6, 6.07) is 8.96. The molecule has 1 aliphatic rings. The molecule has 0 radical (unpaired) electrons. The maximum Gasteiger partial charge on any atom is 0.425 e. The van der Waals surface area contributed by atoms with E-state index in [1.807, 2.05) is 12.1 Å². The van der Waals surface area contributed by atoms with Gasteiger partial charge in [-0.25, -0.2) is 14.6 Å². The molecule has 0 spiro atoms. The number of ether oxygens (including phenoxy) is 2. The lowest BCUT2D eigenvalue weighted by molar-refractivity contribution is 0.0429. The maximum absolute atomic E-state index is 13.1. The van der Waals surface area contributed by atoms with Crippen LogP contribution in [0.25, 0.3) is 10.8 Å². The monoisotopic (exact) mass is 600 g/mol. The Hall–Kier alpha value is -3.21. The number of carbonyl (C=O) groups excluding carboxylic acids is 3. The number of anilines is 1. The zero-order valence-corrected chi connectivity index (χ0v) is 25.9. The fourth-order valence-electron chi connectivity index (χ4n) is 4.40. The summed E-state index contributed by atoms with van der Waals surface area (Å²) in [4.78, 5) is 48.3. The number of thiophene rings is 1. The molecule has 1 aliphatic heterocycles. The van der Waals surface area contributed by atoms with Crippen LogP contribution in [0.2, 0.25) is 5.02 Å². The molecule has 1 fully saturated rings. The second-order valence-corrected chi connectivity index (χ2v) is 13.6. The van der Waals surface area contributed by atoms with E-state index in [2.05, 4.69) is 15.2 Å². The molecule has 2 aromatic heterocycles. The van der Waals surface area contributed by atoms with Gasteiger partial charge < -0.3 is 14.8 Å². The Morgan fingerprint density at radius 1 is 1.00 bits per heavy atom. The molecule has 0 saturated carbocycles. The highest BCUT2D eigenvalue weighted by molar-refractivity contribution is 7.14. The summed E-state index contributed by atoms with van der Waals surface area (Å²) in [6.07, 6.45) is 2.13. The molecule has 41 heavy (non-hydrogen) atoms. The first kappa shape index (κ1) is 30.7. The summed E-state index contributed by atoms with van der Waals surface area (Å²) in [5, 5.41) is 4.87. The number of nitrogens with one attached hydrogen (secondary N) is 1. The van der Waals surface area contributed by atoms with E-state index in [1.165, 1.54) is 30.4 Å². The van der Waals surface area contributed by atoms with Crippen LogP contribution >= 0.6 is 22.9 Å². The molecule has 0 unspecified atom stereocenters. The van der Waals surface area contributed by atoms with Crippen LogP contribution < -0.4 is 10.2 Å². The number of likely N-dealkylation sites (tertiary alicyclic amines) is 1. The Balaban J connectivity index is 1.53. The van der Waals surface area contributed by atoms with E-state index in [0.717, 1.165) is 40.4 Å². The molecular formula is C30H37ClN4O5S. The van der Waals surface area contributed by atoms with Gasteiger partial charge in [0.1, 0.15) is 11.2 Å². The van der Waals surface area contributed by atoms with Crippen LogP contribution in [-0.2, 0) is 22.6 Å². The number of hydrogen-bond donors (Lipinski definition) is 1. The Morgan fingerprint density at radius 3 is 2.24 bits per heavy atom. The third-order valence-electron chi connectivity index (χ3n) is 6.17. The lowest BCUT2D eigenvalue weighted by atomic mass is 10.1. The quantitative estimate of drug-likeness (QED) is 0.320. The minimum atomic E-state index is -0.887. The van der Waals surface area contributed by atoms with Crippen molar-refractivity contribution in [2.24, 2.45) is 0 Å². The second kappa shape index (κ2) is 12.3. The number of fused-ring (bicyclic) bond motifs is 1. The summed E-state index contributed by atoms with van der Waals surface area (Å²) in [6.45, 7) is 13.5. The van der Waals surface area contributed by atoms with Gasteiger partial charge in [-0.15, -0.1) is 11.3 Å². The zero-order chi connectivity index (χ0) is 29.9. The average molecular weight is 601 g/mol. The van der Waals surface area contributed by atoms with Gasteiger partial charge in [-0.05, 0) is 96.6 Å². The molecule has 3 heterocycles. The molecule has 11 heteroatoms. The van der Waals surface area contributed by atoms with E-state index in [4.69, 9.17) is 21.1 Å². The fourth-order valence-corrected chi connectivity index (χ4v) is 5.76. The summed E-state index contributed by atoms with van der Waals surface area (Å²) in [7, 11) is 0. The summed E-state index contributed by atoms with van der Waals surface area (Å²) in [5.74, 6) is -0.0959. The first-order chi connectivity index (χ1) is 19.2. The number of pyridine rings is 1. The Morgan fingerprint density at radius 2 is 1.63 bits per heavy atom. The predicted octanol–water partition coefficient (Wildman–Crippen LogP) is 7.15. The van der Waals surface area contributed by atoms with Crippen LogP contribution in [0.3, 0.4) is 0 Å². The highest BCUT2D eigenvalue weighted by Crippen LogP contribution is 2.31. The SMILES string of the molecule is CC(C)(C)OC(=O)N(C(=O)OC(C)(C)C)c1nccc2cc(CNC(=O)c3cc(Cl)c(CN4CCCC4)s3)ccc12. The smallest absolute Gasteiger partial charge is 0.425 e. The minimum Gasteiger partial charge on any atom is -0.443 e. The number of benzene rings is 1. The fraction of sp³-hybridized carbons (Fsp3) is 0.467. The van der Waals surface area contributed by atoms with Gasteiger partial charge in [-0.2, -0.15) is 4.90 Å². The van der Waals surface area contributed by atoms with Gasteiger partial charge in [0.2, 0.25) is 0 Å².